The van der Waals surface area contributed by atoms with Gasteiger partial charge in [-0.1, -0.05) is 37.8 Å². The molecule has 0 saturated carbocycles. The second-order valence-electron chi connectivity index (χ2n) is 4.52. The van der Waals surface area contributed by atoms with E-state index in [1.807, 2.05) is 6.21 Å². The molecule has 2 nitrogen and oxygen atoms in total. The van der Waals surface area contributed by atoms with Crippen molar-refractivity contribution in [1.29, 1.82) is 0 Å². The maximum atomic E-state index is 4.36. The van der Waals surface area contributed by atoms with Gasteiger partial charge < -0.3 is 0 Å². The fourth-order valence-electron chi connectivity index (χ4n) is 2.07. The maximum Gasteiger partial charge on any atom is 0.0993 e. The zero-order valence-corrected chi connectivity index (χ0v) is 10.6. The Kier molecular flexibility index (Phi) is 8.05. The minimum absolute atomic E-state index is 0.426. The van der Waals surface area contributed by atoms with Crippen molar-refractivity contribution in [3.8, 4) is 0 Å². The van der Waals surface area contributed by atoms with E-state index in [0.29, 0.717) is 6.17 Å². The normalized spacial score (nSPS) is 19.9. The average molecular weight is 222 g/mol. The Balaban J connectivity index is 1.76. The first-order valence-corrected chi connectivity index (χ1v) is 6.79. The van der Waals surface area contributed by atoms with Gasteiger partial charge in [-0.2, -0.15) is 0 Å². The molecule has 0 aromatic heterocycles. The molecule has 1 heterocycles. The van der Waals surface area contributed by atoms with Crippen LogP contribution < -0.4 is 5.32 Å². The van der Waals surface area contributed by atoms with Gasteiger partial charge in [0, 0.05) is 12.8 Å². The largest absolute Gasteiger partial charge is 0.291 e. The first-order valence-electron chi connectivity index (χ1n) is 6.79. The SMILES string of the molecule is C/C=C/CCCCCCCCC1N=CCN1. The molecule has 0 saturated heterocycles. The highest BCUT2D eigenvalue weighted by atomic mass is 15.1. The molecule has 0 amide bonds. The quantitative estimate of drug-likeness (QED) is 0.467. The van der Waals surface area contributed by atoms with E-state index < -0.39 is 0 Å². The molecule has 16 heavy (non-hydrogen) atoms. The summed E-state index contributed by atoms with van der Waals surface area (Å²) in [6, 6.07) is 0. The predicted molar refractivity (Wildman–Crippen MR) is 72.0 cm³/mol. The molecule has 0 radical (unpaired) electrons. The highest BCUT2D eigenvalue weighted by Gasteiger charge is 2.07. The maximum absolute atomic E-state index is 4.36. The molecule has 0 aromatic rings. The van der Waals surface area contributed by atoms with E-state index in [9.17, 15) is 0 Å². The van der Waals surface area contributed by atoms with Gasteiger partial charge in [0.15, 0.2) is 0 Å². The van der Waals surface area contributed by atoms with Gasteiger partial charge in [-0.25, -0.2) is 0 Å². The van der Waals surface area contributed by atoms with E-state index in [-0.39, 0.29) is 0 Å². The molecule has 1 unspecified atom stereocenters. The lowest BCUT2D eigenvalue weighted by atomic mass is 10.1. The number of nitrogens with one attached hydrogen (secondary N) is 1. The van der Waals surface area contributed by atoms with Crippen LogP contribution >= 0.6 is 0 Å². The van der Waals surface area contributed by atoms with Crippen LogP contribution in [-0.4, -0.2) is 18.9 Å². The molecule has 1 aliphatic rings. The minimum Gasteiger partial charge on any atom is -0.291 e. The number of rotatable bonds is 9. The smallest absolute Gasteiger partial charge is 0.0993 e. The molecule has 0 aromatic carbocycles. The average Bonchev–Trinajstić information content (AvgIpc) is 2.80. The van der Waals surface area contributed by atoms with Crippen molar-refractivity contribution < 1.29 is 0 Å². The Labute approximate surface area is 100 Å². The summed E-state index contributed by atoms with van der Waals surface area (Å²) < 4.78 is 0. The standard InChI is InChI=1S/C14H26N2/c1-2-3-4-5-6-7-8-9-10-11-14-15-12-13-16-14/h2-3,12,14,16H,4-11,13H2,1H3/b3-2+. The van der Waals surface area contributed by atoms with Gasteiger partial charge in [-0.05, 0) is 32.6 Å². The van der Waals surface area contributed by atoms with Crippen molar-refractivity contribution in [2.45, 2.75) is 64.5 Å². The Morgan fingerprint density at radius 3 is 2.62 bits per heavy atom. The van der Waals surface area contributed by atoms with Crippen LogP contribution in [0.25, 0.3) is 0 Å². The van der Waals surface area contributed by atoms with E-state index in [1.165, 1.54) is 51.4 Å². The highest BCUT2D eigenvalue weighted by Crippen LogP contribution is 2.11. The molecule has 0 aliphatic carbocycles. The van der Waals surface area contributed by atoms with Crippen molar-refractivity contribution in [2.75, 3.05) is 6.54 Å². The zero-order chi connectivity index (χ0) is 11.5. The number of aliphatic imine (C=N–C) groups is 1. The lowest BCUT2D eigenvalue weighted by Crippen LogP contribution is -2.21. The van der Waals surface area contributed by atoms with Crippen LogP contribution in [0.3, 0.4) is 0 Å². The minimum atomic E-state index is 0.426. The van der Waals surface area contributed by atoms with Crippen molar-refractivity contribution in [1.82, 2.24) is 5.32 Å². The van der Waals surface area contributed by atoms with Crippen molar-refractivity contribution in [3.05, 3.63) is 12.2 Å². The fraction of sp³-hybridized carbons (Fsp3) is 0.786. The molecule has 2 heteroatoms. The van der Waals surface area contributed by atoms with Crippen LogP contribution in [0.5, 0.6) is 0 Å². The Hall–Kier alpha value is -0.630. The molecule has 1 rings (SSSR count). The van der Waals surface area contributed by atoms with Gasteiger partial charge in [-0.3, -0.25) is 10.3 Å². The van der Waals surface area contributed by atoms with Gasteiger partial charge >= 0.3 is 0 Å². The van der Waals surface area contributed by atoms with Crippen molar-refractivity contribution in [3.63, 3.8) is 0 Å². The summed E-state index contributed by atoms with van der Waals surface area (Å²) in [6.45, 7) is 3.06. The summed E-state index contributed by atoms with van der Waals surface area (Å²) in [6.07, 6.45) is 17.6. The number of nitrogens with zero attached hydrogens (tertiary/aromatic N) is 1. The predicted octanol–water partition coefficient (Wildman–Crippen LogP) is 3.68. The number of allylic oxidation sites excluding steroid dienone is 2. The van der Waals surface area contributed by atoms with Crippen LogP contribution in [0, 0.1) is 0 Å². The van der Waals surface area contributed by atoms with Crippen LogP contribution in [0.15, 0.2) is 17.1 Å². The van der Waals surface area contributed by atoms with Gasteiger partial charge in [0.25, 0.3) is 0 Å². The highest BCUT2D eigenvalue weighted by molar-refractivity contribution is 5.61. The first-order chi connectivity index (χ1) is 7.93. The molecule has 0 fully saturated rings. The zero-order valence-electron chi connectivity index (χ0n) is 10.6. The molecule has 92 valence electrons. The van der Waals surface area contributed by atoms with Crippen molar-refractivity contribution in [2.24, 2.45) is 4.99 Å². The van der Waals surface area contributed by atoms with Gasteiger partial charge in [0.1, 0.15) is 0 Å². The monoisotopic (exact) mass is 222 g/mol. The molecule has 1 aliphatic heterocycles. The second kappa shape index (κ2) is 9.59. The third-order valence-electron chi connectivity index (χ3n) is 3.06. The van der Waals surface area contributed by atoms with Gasteiger partial charge in [-0.15, -0.1) is 0 Å². The van der Waals surface area contributed by atoms with Crippen LogP contribution in [0.1, 0.15) is 58.3 Å². The van der Waals surface area contributed by atoms with E-state index in [1.54, 1.807) is 0 Å². The number of unbranched alkanes of at least 4 members (excludes halogenated alkanes) is 6. The number of hydrogen-bond acceptors (Lipinski definition) is 2. The summed E-state index contributed by atoms with van der Waals surface area (Å²) in [7, 11) is 0. The summed E-state index contributed by atoms with van der Waals surface area (Å²) in [5, 5.41) is 3.35. The Bertz CT molecular complexity index is 209. The van der Waals surface area contributed by atoms with E-state index >= 15 is 0 Å². The van der Waals surface area contributed by atoms with Crippen molar-refractivity contribution >= 4 is 6.21 Å². The fourth-order valence-corrected chi connectivity index (χ4v) is 2.07. The lowest BCUT2D eigenvalue weighted by molar-refractivity contribution is 0.503. The van der Waals surface area contributed by atoms with Gasteiger partial charge in [0.05, 0.1) is 6.17 Å². The van der Waals surface area contributed by atoms with E-state index in [4.69, 9.17) is 0 Å². The van der Waals surface area contributed by atoms with Crippen LogP contribution in [-0.2, 0) is 0 Å². The van der Waals surface area contributed by atoms with Gasteiger partial charge in [0.2, 0.25) is 0 Å². The van der Waals surface area contributed by atoms with Crippen LogP contribution in [0.4, 0.5) is 0 Å². The third-order valence-corrected chi connectivity index (χ3v) is 3.06. The first kappa shape index (κ1) is 13.4. The molecule has 0 spiro atoms. The summed E-state index contributed by atoms with van der Waals surface area (Å²) in [4.78, 5) is 4.36. The van der Waals surface area contributed by atoms with E-state index in [0.717, 1.165) is 6.54 Å². The topological polar surface area (TPSA) is 24.4 Å². The lowest BCUT2D eigenvalue weighted by Gasteiger charge is -2.07. The summed E-state index contributed by atoms with van der Waals surface area (Å²) in [5.41, 5.74) is 0. The van der Waals surface area contributed by atoms with E-state index in [2.05, 4.69) is 29.4 Å². The summed E-state index contributed by atoms with van der Waals surface area (Å²) in [5.74, 6) is 0. The molecule has 1 N–H and O–H groups in total. The number of hydrogen-bond donors (Lipinski definition) is 1. The Morgan fingerprint density at radius 1 is 1.19 bits per heavy atom. The third kappa shape index (κ3) is 6.78. The van der Waals surface area contributed by atoms with Crippen LogP contribution in [0.2, 0.25) is 0 Å². The molecular formula is C14H26N2. The Morgan fingerprint density at radius 2 is 1.94 bits per heavy atom. The summed E-state index contributed by atoms with van der Waals surface area (Å²) >= 11 is 0. The molecular weight excluding hydrogens is 196 g/mol. The molecule has 1 atom stereocenters. The second-order valence-corrected chi connectivity index (χ2v) is 4.52. The molecule has 0 bridgehead atoms.